The molecule has 0 radical (unpaired) electrons. The maximum absolute atomic E-state index is 14.4. The summed E-state index contributed by atoms with van der Waals surface area (Å²) in [4.78, 5) is 4.15. The molecule has 4 nitrogen and oxygen atoms in total. The van der Waals surface area contributed by atoms with E-state index >= 15 is 0 Å². The summed E-state index contributed by atoms with van der Waals surface area (Å²) in [7, 11) is 1.36. The number of nitrogens with zero attached hydrogens (tertiary/aromatic N) is 3. The highest BCUT2D eigenvalue weighted by Gasteiger charge is 2.26. The highest BCUT2D eigenvalue weighted by molar-refractivity contribution is 9.11. The van der Waals surface area contributed by atoms with E-state index in [1.165, 1.54) is 7.05 Å². The van der Waals surface area contributed by atoms with Crippen LogP contribution in [0.15, 0.2) is 9.98 Å². The molecular weight excluding hydrogens is 442 g/mol. The van der Waals surface area contributed by atoms with Crippen molar-refractivity contribution in [1.82, 2.24) is 14.8 Å². The monoisotopic (exact) mass is 445 g/mol. The highest BCUT2D eigenvalue weighted by atomic mass is 79.9. The van der Waals surface area contributed by atoms with E-state index in [9.17, 15) is 13.2 Å². The number of benzene rings is 1. The molecule has 122 valence electrons. The van der Waals surface area contributed by atoms with Gasteiger partial charge in [0.1, 0.15) is 22.1 Å². The fourth-order valence-electron chi connectivity index (χ4n) is 2.06. The van der Waals surface area contributed by atoms with Crippen molar-refractivity contribution in [2.75, 3.05) is 0 Å². The molecular formula is C12H5BrCl2F3N3OS. The van der Waals surface area contributed by atoms with Crippen molar-refractivity contribution in [3.63, 3.8) is 0 Å². The first kappa shape index (κ1) is 16.8. The Bertz CT molecular complexity index is 915. The molecule has 0 N–H and O–H groups in total. The van der Waals surface area contributed by atoms with Crippen molar-refractivity contribution >= 4 is 60.7 Å². The van der Waals surface area contributed by atoms with E-state index in [0.29, 0.717) is 14.1 Å². The molecule has 23 heavy (non-hydrogen) atoms. The number of halogens is 6. The van der Waals surface area contributed by atoms with Gasteiger partial charge >= 0.3 is 6.61 Å². The van der Waals surface area contributed by atoms with E-state index in [1.807, 2.05) is 0 Å². The topological polar surface area (TPSA) is 39.9 Å². The molecule has 0 saturated heterocycles. The van der Waals surface area contributed by atoms with Crippen LogP contribution in [-0.2, 0) is 7.05 Å². The van der Waals surface area contributed by atoms with Crippen LogP contribution in [0.3, 0.4) is 0 Å². The second kappa shape index (κ2) is 6.12. The Hall–Kier alpha value is -1.03. The van der Waals surface area contributed by atoms with Gasteiger partial charge in [0, 0.05) is 7.05 Å². The van der Waals surface area contributed by atoms with Gasteiger partial charge in [-0.25, -0.2) is 14.1 Å². The van der Waals surface area contributed by atoms with Gasteiger partial charge in [-0.2, -0.15) is 13.9 Å². The molecule has 0 atom stereocenters. The molecule has 0 saturated carbocycles. The van der Waals surface area contributed by atoms with Gasteiger partial charge in [-0.15, -0.1) is 11.3 Å². The van der Waals surface area contributed by atoms with Gasteiger partial charge in [-0.3, -0.25) is 0 Å². The van der Waals surface area contributed by atoms with Gasteiger partial charge in [0.05, 0.1) is 15.3 Å². The molecule has 11 heteroatoms. The van der Waals surface area contributed by atoms with Crippen molar-refractivity contribution in [2.45, 2.75) is 6.61 Å². The maximum atomic E-state index is 14.4. The van der Waals surface area contributed by atoms with E-state index in [0.717, 1.165) is 22.1 Å². The predicted octanol–water partition coefficient (Wildman–Crippen LogP) is 5.51. The number of hydrogen-bond acceptors (Lipinski definition) is 4. The quantitative estimate of drug-likeness (QED) is 0.532. The number of hydrogen-bond donors (Lipinski definition) is 0. The summed E-state index contributed by atoms with van der Waals surface area (Å²) in [6.45, 7) is -3.08. The first-order valence-electron chi connectivity index (χ1n) is 5.91. The van der Waals surface area contributed by atoms with Crippen LogP contribution in [0.2, 0.25) is 10.0 Å². The number of thiazole rings is 1. The molecule has 2 heterocycles. The Morgan fingerprint density at radius 3 is 2.74 bits per heavy atom. The minimum atomic E-state index is -3.08. The second-order valence-corrected chi connectivity index (χ2v) is 7.39. The van der Waals surface area contributed by atoms with Gasteiger partial charge in [-0.05, 0) is 22.0 Å². The molecule has 3 aromatic rings. The van der Waals surface area contributed by atoms with Crippen LogP contribution in [0.1, 0.15) is 0 Å². The average molecular weight is 447 g/mol. The van der Waals surface area contributed by atoms with E-state index in [4.69, 9.17) is 23.2 Å². The number of ether oxygens (including phenoxy) is 1. The van der Waals surface area contributed by atoms with E-state index in [1.54, 1.807) is 0 Å². The molecule has 2 aromatic heterocycles. The Morgan fingerprint density at radius 2 is 2.09 bits per heavy atom. The largest absolute Gasteiger partial charge is 0.416 e. The lowest BCUT2D eigenvalue weighted by atomic mass is 10.1. The first-order chi connectivity index (χ1) is 10.8. The van der Waals surface area contributed by atoms with Gasteiger partial charge < -0.3 is 4.74 Å². The summed E-state index contributed by atoms with van der Waals surface area (Å²) in [5, 5.41) is 3.89. The van der Waals surface area contributed by atoms with Gasteiger partial charge in [0.2, 0.25) is 5.88 Å². The smallest absolute Gasteiger partial charge is 0.388 e. The fourth-order valence-corrected chi connectivity index (χ4v) is 4.17. The normalized spacial score (nSPS) is 11.7. The predicted molar refractivity (Wildman–Crippen MR) is 86.1 cm³/mol. The van der Waals surface area contributed by atoms with Crippen molar-refractivity contribution in [1.29, 1.82) is 0 Å². The summed E-state index contributed by atoms with van der Waals surface area (Å²) >= 11 is 16.4. The lowest BCUT2D eigenvalue weighted by Crippen LogP contribution is -2.06. The summed E-state index contributed by atoms with van der Waals surface area (Å²) in [6.07, 6.45) is 0. The minimum absolute atomic E-state index is 0.0253. The lowest BCUT2D eigenvalue weighted by Gasteiger charge is -2.04. The van der Waals surface area contributed by atoms with Crippen LogP contribution >= 0.6 is 50.5 Å². The van der Waals surface area contributed by atoms with Crippen molar-refractivity contribution in [3.05, 3.63) is 25.8 Å². The number of aryl methyl sites for hydroxylation is 1. The minimum Gasteiger partial charge on any atom is -0.416 e. The van der Waals surface area contributed by atoms with Crippen LogP contribution in [0.4, 0.5) is 13.2 Å². The van der Waals surface area contributed by atoms with Crippen LogP contribution in [-0.4, -0.2) is 21.4 Å². The van der Waals surface area contributed by atoms with Crippen molar-refractivity contribution in [3.8, 4) is 17.1 Å². The number of alkyl halides is 2. The highest BCUT2D eigenvalue weighted by Crippen LogP contribution is 2.44. The summed E-state index contributed by atoms with van der Waals surface area (Å²) < 4.78 is 45.6. The third-order valence-electron chi connectivity index (χ3n) is 2.92. The third kappa shape index (κ3) is 2.90. The second-order valence-electron chi connectivity index (χ2n) is 4.33. The van der Waals surface area contributed by atoms with E-state index in [2.05, 4.69) is 30.7 Å². The molecule has 0 unspecified atom stereocenters. The maximum Gasteiger partial charge on any atom is 0.388 e. The fraction of sp³-hybridized carbons (Fsp3) is 0.167. The average Bonchev–Trinajstić information content (AvgIpc) is 2.95. The zero-order valence-corrected chi connectivity index (χ0v) is 15.0. The molecule has 0 aliphatic heterocycles. The first-order valence-corrected chi connectivity index (χ1v) is 8.27. The van der Waals surface area contributed by atoms with Crippen LogP contribution in [0, 0.1) is 5.82 Å². The number of rotatable bonds is 3. The lowest BCUT2D eigenvalue weighted by molar-refractivity contribution is -0.0552. The van der Waals surface area contributed by atoms with Gasteiger partial charge in [0.15, 0.2) is 3.92 Å². The van der Waals surface area contributed by atoms with Crippen LogP contribution in [0.25, 0.3) is 21.5 Å². The Labute approximate surface area is 149 Å². The summed E-state index contributed by atoms with van der Waals surface area (Å²) in [5.41, 5.74) is 0.357. The summed E-state index contributed by atoms with van der Waals surface area (Å²) in [5.74, 6) is -1.05. The molecule has 0 spiro atoms. The summed E-state index contributed by atoms with van der Waals surface area (Å²) in [6, 6.07) is 1.07. The van der Waals surface area contributed by atoms with Gasteiger partial charge in [0.25, 0.3) is 0 Å². The SMILES string of the molecule is Cn1nc(-c2c(F)cc(Cl)c3nc(Br)sc23)c(Cl)c1OC(F)F. The Morgan fingerprint density at radius 1 is 1.39 bits per heavy atom. The van der Waals surface area contributed by atoms with E-state index < -0.39 is 12.4 Å². The zero-order valence-electron chi connectivity index (χ0n) is 11.1. The van der Waals surface area contributed by atoms with Crippen molar-refractivity contribution < 1.29 is 17.9 Å². The number of aromatic nitrogens is 3. The molecule has 1 aromatic carbocycles. The van der Waals surface area contributed by atoms with Crippen molar-refractivity contribution in [2.24, 2.45) is 7.05 Å². The molecule has 0 fully saturated rings. The van der Waals surface area contributed by atoms with E-state index in [-0.39, 0.29) is 27.2 Å². The molecule has 0 bridgehead atoms. The molecule has 3 rings (SSSR count). The van der Waals surface area contributed by atoms with Gasteiger partial charge in [-0.1, -0.05) is 23.2 Å². The standard InChI is InChI=1S/C12H5BrCl2F3N3OS/c1-21-10(22-12(17)18)6(15)8(20-21)5-4(16)2-3(14)7-9(5)23-11(13)19-7/h2,12H,1H3. The Kier molecular flexibility index (Phi) is 4.47. The van der Waals surface area contributed by atoms with Crippen LogP contribution < -0.4 is 4.74 Å². The third-order valence-corrected chi connectivity index (χ3v) is 5.08. The Balaban J connectivity index is 2.29. The number of fused-ring (bicyclic) bond motifs is 1. The van der Waals surface area contributed by atoms with Crippen LogP contribution in [0.5, 0.6) is 5.88 Å². The molecule has 0 aliphatic carbocycles. The molecule has 0 aliphatic rings. The molecule has 0 amide bonds. The zero-order chi connectivity index (χ0) is 16.9.